The molecule has 2 rings (SSSR count). The van der Waals surface area contributed by atoms with Gasteiger partial charge in [0.25, 0.3) is 5.91 Å². The number of hydrogen-bond donors (Lipinski definition) is 1. The van der Waals surface area contributed by atoms with Crippen molar-refractivity contribution >= 4 is 40.9 Å². The molecule has 2 aromatic carbocycles. The van der Waals surface area contributed by atoms with Crippen LogP contribution in [0.3, 0.4) is 0 Å². The second kappa shape index (κ2) is 9.35. The largest absolute Gasteiger partial charge is 0.456 e. The lowest BCUT2D eigenvalue weighted by Gasteiger charge is -2.09. The summed E-state index contributed by atoms with van der Waals surface area (Å²) in [6.45, 7) is 1.56. The maximum atomic E-state index is 11.8. The molecular formula is C18H18ClNO3S. The first kappa shape index (κ1) is 18.4. The quantitative estimate of drug-likeness (QED) is 0.588. The third-order valence-corrected chi connectivity index (χ3v) is 4.40. The van der Waals surface area contributed by atoms with Gasteiger partial charge in [0.15, 0.2) is 6.61 Å². The molecule has 2 aromatic rings. The molecule has 0 saturated heterocycles. The molecule has 126 valence electrons. The van der Waals surface area contributed by atoms with Crippen molar-refractivity contribution in [1.82, 2.24) is 0 Å². The van der Waals surface area contributed by atoms with Crippen LogP contribution in [-0.2, 0) is 14.3 Å². The monoisotopic (exact) mass is 363 g/mol. The van der Waals surface area contributed by atoms with E-state index in [4.69, 9.17) is 16.3 Å². The van der Waals surface area contributed by atoms with Crippen LogP contribution >= 0.6 is 23.4 Å². The van der Waals surface area contributed by atoms with Crippen molar-refractivity contribution in [3.63, 3.8) is 0 Å². The molecule has 6 heteroatoms. The molecule has 1 N–H and O–H groups in total. The first-order chi connectivity index (χ1) is 11.5. The van der Waals surface area contributed by atoms with Crippen LogP contribution in [0.2, 0.25) is 5.02 Å². The lowest BCUT2D eigenvalue weighted by molar-refractivity contribution is -0.146. The molecule has 0 aromatic heterocycles. The van der Waals surface area contributed by atoms with E-state index in [1.54, 1.807) is 23.9 Å². The van der Waals surface area contributed by atoms with Gasteiger partial charge in [-0.2, -0.15) is 0 Å². The molecule has 0 radical (unpaired) electrons. The average Bonchev–Trinajstić information content (AvgIpc) is 2.57. The van der Waals surface area contributed by atoms with Crippen molar-refractivity contribution in [2.45, 2.75) is 18.2 Å². The van der Waals surface area contributed by atoms with Gasteiger partial charge >= 0.3 is 5.97 Å². The van der Waals surface area contributed by atoms with E-state index in [0.29, 0.717) is 16.5 Å². The minimum absolute atomic E-state index is 0.253. The number of anilines is 1. The van der Waals surface area contributed by atoms with Crippen LogP contribution in [0.5, 0.6) is 0 Å². The van der Waals surface area contributed by atoms with Crippen molar-refractivity contribution in [1.29, 1.82) is 0 Å². The zero-order valence-corrected chi connectivity index (χ0v) is 14.8. The number of nitrogens with one attached hydrogen (secondary N) is 1. The fraction of sp³-hybridized carbons (Fsp3) is 0.222. The Morgan fingerprint density at radius 1 is 1.17 bits per heavy atom. The van der Waals surface area contributed by atoms with Crippen LogP contribution in [0.15, 0.2) is 53.4 Å². The summed E-state index contributed by atoms with van der Waals surface area (Å²) in [5.74, 6) is -0.168. The van der Waals surface area contributed by atoms with E-state index in [2.05, 4.69) is 5.32 Å². The van der Waals surface area contributed by atoms with Gasteiger partial charge in [0.1, 0.15) is 0 Å². The van der Waals surface area contributed by atoms with Crippen LogP contribution < -0.4 is 5.32 Å². The Bertz CT molecular complexity index is 707. The van der Waals surface area contributed by atoms with Crippen molar-refractivity contribution in [3.05, 3.63) is 59.1 Å². The standard InChI is InChI=1S/C18H18ClNO3S/c1-13-7-8-14(19)11-16(13)20-17(21)12-23-18(22)9-10-24-15-5-3-2-4-6-15/h2-8,11H,9-10,12H2,1H3,(H,20,21). The predicted molar refractivity (Wildman–Crippen MR) is 97.6 cm³/mol. The van der Waals surface area contributed by atoms with Crippen LogP contribution in [0.4, 0.5) is 5.69 Å². The first-order valence-corrected chi connectivity index (χ1v) is 8.80. The molecule has 4 nitrogen and oxygen atoms in total. The van der Waals surface area contributed by atoms with Gasteiger partial charge < -0.3 is 10.1 Å². The third kappa shape index (κ3) is 6.26. The Morgan fingerprint density at radius 3 is 2.67 bits per heavy atom. The van der Waals surface area contributed by atoms with E-state index in [0.717, 1.165) is 10.5 Å². The molecule has 0 saturated carbocycles. The van der Waals surface area contributed by atoms with Crippen LogP contribution in [0, 0.1) is 6.92 Å². The summed E-state index contributed by atoms with van der Waals surface area (Å²) in [4.78, 5) is 24.6. The Hall–Kier alpha value is -1.98. The van der Waals surface area contributed by atoms with Gasteiger partial charge in [-0.05, 0) is 36.8 Å². The summed E-state index contributed by atoms with van der Waals surface area (Å²) in [6.07, 6.45) is 0.253. The summed E-state index contributed by atoms with van der Waals surface area (Å²) >= 11 is 7.47. The number of halogens is 1. The summed E-state index contributed by atoms with van der Waals surface area (Å²) < 4.78 is 4.99. The number of thioether (sulfide) groups is 1. The number of carbonyl (C=O) groups excluding carboxylic acids is 2. The number of ether oxygens (including phenoxy) is 1. The second-order valence-electron chi connectivity index (χ2n) is 5.08. The number of carbonyl (C=O) groups is 2. The molecular weight excluding hydrogens is 346 g/mol. The number of benzene rings is 2. The fourth-order valence-electron chi connectivity index (χ4n) is 1.90. The molecule has 0 bridgehead atoms. The molecule has 1 amide bonds. The van der Waals surface area contributed by atoms with Crippen LogP contribution in [-0.4, -0.2) is 24.2 Å². The van der Waals surface area contributed by atoms with E-state index in [1.165, 1.54) is 0 Å². The summed E-state index contributed by atoms with van der Waals surface area (Å²) in [7, 11) is 0. The molecule has 0 spiro atoms. The van der Waals surface area contributed by atoms with Crippen molar-refractivity contribution < 1.29 is 14.3 Å². The summed E-state index contributed by atoms with van der Waals surface area (Å²) in [5.41, 5.74) is 1.50. The number of aryl methyl sites for hydroxylation is 1. The molecule has 0 heterocycles. The van der Waals surface area contributed by atoms with E-state index in [-0.39, 0.29) is 18.9 Å². The van der Waals surface area contributed by atoms with Gasteiger partial charge in [-0.3, -0.25) is 9.59 Å². The number of rotatable bonds is 7. The van der Waals surface area contributed by atoms with E-state index in [9.17, 15) is 9.59 Å². The predicted octanol–water partition coefficient (Wildman–Crippen LogP) is 4.31. The Kier molecular flexibility index (Phi) is 7.15. The van der Waals surface area contributed by atoms with Crippen molar-refractivity contribution in [2.75, 3.05) is 17.7 Å². The molecule has 0 aliphatic rings. The molecule has 24 heavy (non-hydrogen) atoms. The van der Waals surface area contributed by atoms with Gasteiger partial charge in [0, 0.05) is 21.4 Å². The zero-order valence-electron chi connectivity index (χ0n) is 13.3. The SMILES string of the molecule is Cc1ccc(Cl)cc1NC(=O)COC(=O)CCSc1ccccc1. The lowest BCUT2D eigenvalue weighted by atomic mass is 10.2. The van der Waals surface area contributed by atoms with Crippen molar-refractivity contribution in [3.8, 4) is 0 Å². The fourth-order valence-corrected chi connectivity index (χ4v) is 2.93. The highest BCUT2D eigenvalue weighted by Gasteiger charge is 2.09. The second-order valence-corrected chi connectivity index (χ2v) is 6.68. The zero-order chi connectivity index (χ0) is 17.4. The van der Waals surface area contributed by atoms with E-state index < -0.39 is 5.97 Å². The van der Waals surface area contributed by atoms with Gasteiger partial charge in [-0.15, -0.1) is 11.8 Å². The van der Waals surface area contributed by atoms with E-state index >= 15 is 0 Å². The first-order valence-electron chi connectivity index (χ1n) is 7.44. The normalized spacial score (nSPS) is 10.2. The van der Waals surface area contributed by atoms with Crippen molar-refractivity contribution in [2.24, 2.45) is 0 Å². The minimum atomic E-state index is -0.392. The van der Waals surface area contributed by atoms with Gasteiger partial charge in [0.05, 0.1) is 6.42 Å². The smallest absolute Gasteiger partial charge is 0.307 e. The maximum absolute atomic E-state index is 11.8. The van der Waals surface area contributed by atoms with Crippen LogP contribution in [0.1, 0.15) is 12.0 Å². The average molecular weight is 364 g/mol. The van der Waals surface area contributed by atoms with Gasteiger partial charge in [0.2, 0.25) is 0 Å². The highest BCUT2D eigenvalue weighted by molar-refractivity contribution is 7.99. The summed E-state index contributed by atoms with van der Waals surface area (Å²) in [6, 6.07) is 15.0. The highest BCUT2D eigenvalue weighted by Crippen LogP contribution is 2.20. The Labute approximate surface area is 150 Å². The maximum Gasteiger partial charge on any atom is 0.307 e. The van der Waals surface area contributed by atoms with Crippen LogP contribution in [0.25, 0.3) is 0 Å². The molecule has 0 fully saturated rings. The lowest BCUT2D eigenvalue weighted by Crippen LogP contribution is -2.21. The molecule has 0 unspecified atom stereocenters. The van der Waals surface area contributed by atoms with Gasteiger partial charge in [-0.1, -0.05) is 35.9 Å². The highest BCUT2D eigenvalue weighted by atomic mass is 35.5. The number of esters is 1. The molecule has 0 aliphatic heterocycles. The Morgan fingerprint density at radius 2 is 1.92 bits per heavy atom. The third-order valence-electron chi connectivity index (χ3n) is 3.16. The van der Waals surface area contributed by atoms with Gasteiger partial charge in [-0.25, -0.2) is 0 Å². The molecule has 0 atom stereocenters. The van der Waals surface area contributed by atoms with E-state index in [1.807, 2.05) is 43.3 Å². The molecule has 0 aliphatic carbocycles. The Balaban J connectivity index is 1.69. The number of amides is 1. The topological polar surface area (TPSA) is 55.4 Å². The minimum Gasteiger partial charge on any atom is -0.456 e. The summed E-state index contributed by atoms with van der Waals surface area (Å²) in [5, 5.41) is 3.22. The number of hydrogen-bond acceptors (Lipinski definition) is 4.